The minimum absolute atomic E-state index is 0.622. The van der Waals surface area contributed by atoms with Crippen molar-refractivity contribution in [3.8, 4) is 5.88 Å². The van der Waals surface area contributed by atoms with E-state index in [1.807, 2.05) is 13.8 Å². The molecule has 0 saturated heterocycles. The van der Waals surface area contributed by atoms with Gasteiger partial charge >= 0.3 is 0 Å². The first-order valence-corrected chi connectivity index (χ1v) is 5.19. The Balaban J connectivity index is 3.01. The minimum atomic E-state index is 0.622. The maximum Gasteiger partial charge on any atom is 0.221 e. The van der Waals surface area contributed by atoms with Crippen LogP contribution in [0.15, 0.2) is 0 Å². The minimum Gasteiger partial charge on any atom is -0.477 e. The number of nitrogens with one attached hydrogen (secondary N) is 1. The summed E-state index contributed by atoms with van der Waals surface area (Å²) in [7, 11) is 0. The van der Waals surface area contributed by atoms with Crippen molar-refractivity contribution in [3.05, 3.63) is 11.4 Å². The molecule has 1 rings (SSSR count). The summed E-state index contributed by atoms with van der Waals surface area (Å²) in [5.41, 5.74) is 3.41. The van der Waals surface area contributed by atoms with Gasteiger partial charge in [0.1, 0.15) is 11.6 Å². The second-order valence-electron chi connectivity index (χ2n) is 3.26. The summed E-state index contributed by atoms with van der Waals surface area (Å²) in [4.78, 5) is 8.56. The SMILES string of the molecule is CCCOc1nc(CC)nc(NN)c1C. The first kappa shape index (κ1) is 11.7. The van der Waals surface area contributed by atoms with Crippen molar-refractivity contribution in [3.63, 3.8) is 0 Å². The monoisotopic (exact) mass is 210 g/mol. The van der Waals surface area contributed by atoms with Gasteiger partial charge in [0.15, 0.2) is 0 Å². The predicted molar refractivity (Wildman–Crippen MR) is 59.7 cm³/mol. The molecule has 15 heavy (non-hydrogen) atoms. The molecule has 5 heteroatoms. The Morgan fingerprint density at radius 1 is 1.33 bits per heavy atom. The van der Waals surface area contributed by atoms with Crippen molar-refractivity contribution >= 4 is 5.82 Å². The number of hydrogen-bond donors (Lipinski definition) is 2. The molecular weight excluding hydrogens is 192 g/mol. The van der Waals surface area contributed by atoms with E-state index in [-0.39, 0.29) is 0 Å². The number of hydrogen-bond acceptors (Lipinski definition) is 5. The van der Waals surface area contributed by atoms with Gasteiger partial charge in [-0.25, -0.2) is 10.8 Å². The molecule has 0 bridgehead atoms. The lowest BCUT2D eigenvalue weighted by atomic mass is 10.3. The molecule has 1 heterocycles. The molecule has 84 valence electrons. The van der Waals surface area contributed by atoms with Crippen LogP contribution in [0, 0.1) is 6.92 Å². The second kappa shape index (κ2) is 5.50. The first-order chi connectivity index (χ1) is 7.22. The number of ether oxygens (including phenoxy) is 1. The van der Waals surface area contributed by atoms with E-state index in [0.29, 0.717) is 18.3 Å². The quantitative estimate of drug-likeness (QED) is 0.568. The normalized spacial score (nSPS) is 10.1. The molecule has 0 aliphatic rings. The molecule has 0 spiro atoms. The van der Waals surface area contributed by atoms with Crippen LogP contribution in [-0.4, -0.2) is 16.6 Å². The molecule has 0 unspecified atom stereocenters. The Bertz CT molecular complexity index is 327. The summed E-state index contributed by atoms with van der Waals surface area (Å²) in [6.07, 6.45) is 1.72. The maximum atomic E-state index is 5.52. The van der Waals surface area contributed by atoms with Gasteiger partial charge in [0, 0.05) is 6.42 Å². The van der Waals surface area contributed by atoms with Crippen LogP contribution in [0.25, 0.3) is 0 Å². The highest BCUT2D eigenvalue weighted by atomic mass is 16.5. The number of nitrogens with two attached hydrogens (primary N) is 1. The van der Waals surface area contributed by atoms with Gasteiger partial charge < -0.3 is 10.2 Å². The second-order valence-corrected chi connectivity index (χ2v) is 3.26. The maximum absolute atomic E-state index is 5.52. The van der Waals surface area contributed by atoms with Gasteiger partial charge in [0.2, 0.25) is 5.88 Å². The summed E-state index contributed by atoms with van der Waals surface area (Å²) in [5.74, 6) is 7.37. The number of aryl methyl sites for hydroxylation is 1. The Labute approximate surface area is 90.0 Å². The Morgan fingerprint density at radius 3 is 2.60 bits per heavy atom. The zero-order valence-corrected chi connectivity index (χ0v) is 9.50. The number of hydrazine groups is 1. The van der Waals surface area contributed by atoms with Gasteiger partial charge in [0.25, 0.3) is 0 Å². The Hall–Kier alpha value is -1.36. The van der Waals surface area contributed by atoms with Crippen LogP contribution in [0.5, 0.6) is 5.88 Å². The molecule has 0 amide bonds. The van der Waals surface area contributed by atoms with Gasteiger partial charge in [0.05, 0.1) is 12.2 Å². The molecule has 0 saturated carbocycles. The lowest BCUT2D eigenvalue weighted by Crippen LogP contribution is -2.13. The van der Waals surface area contributed by atoms with Crippen LogP contribution >= 0.6 is 0 Å². The third kappa shape index (κ3) is 2.79. The van der Waals surface area contributed by atoms with Gasteiger partial charge in [-0.15, -0.1) is 0 Å². The summed E-state index contributed by atoms with van der Waals surface area (Å²) in [6.45, 7) is 6.60. The molecule has 1 aromatic rings. The molecule has 0 fully saturated rings. The van der Waals surface area contributed by atoms with E-state index in [4.69, 9.17) is 10.6 Å². The van der Waals surface area contributed by atoms with Crippen LogP contribution in [-0.2, 0) is 6.42 Å². The number of rotatable bonds is 5. The van der Waals surface area contributed by atoms with E-state index in [1.165, 1.54) is 0 Å². The zero-order valence-electron chi connectivity index (χ0n) is 9.50. The van der Waals surface area contributed by atoms with Gasteiger partial charge in [-0.1, -0.05) is 13.8 Å². The first-order valence-electron chi connectivity index (χ1n) is 5.19. The third-order valence-corrected chi connectivity index (χ3v) is 2.04. The molecule has 3 N–H and O–H groups in total. The summed E-state index contributed by atoms with van der Waals surface area (Å²) in [5, 5.41) is 0. The molecular formula is C10H18N4O. The number of nitrogen functional groups attached to an aromatic ring is 1. The van der Waals surface area contributed by atoms with E-state index in [9.17, 15) is 0 Å². The van der Waals surface area contributed by atoms with Crippen LogP contribution in [0.1, 0.15) is 31.7 Å². The van der Waals surface area contributed by atoms with E-state index >= 15 is 0 Å². The highest BCUT2D eigenvalue weighted by molar-refractivity contribution is 5.47. The van der Waals surface area contributed by atoms with Gasteiger partial charge in [-0.05, 0) is 13.3 Å². The van der Waals surface area contributed by atoms with Crippen LogP contribution in [0.4, 0.5) is 5.82 Å². The standard InChI is InChI=1S/C10H18N4O/c1-4-6-15-10-7(3)9(14-11)12-8(5-2)13-10/h4-6,11H2,1-3H3,(H,12,13,14). The fourth-order valence-electron chi connectivity index (χ4n) is 1.18. The smallest absolute Gasteiger partial charge is 0.221 e. The van der Waals surface area contributed by atoms with Crippen LogP contribution < -0.4 is 16.0 Å². The van der Waals surface area contributed by atoms with E-state index in [0.717, 1.165) is 24.2 Å². The van der Waals surface area contributed by atoms with E-state index < -0.39 is 0 Å². The van der Waals surface area contributed by atoms with Crippen molar-refractivity contribution < 1.29 is 4.74 Å². The highest BCUT2D eigenvalue weighted by Crippen LogP contribution is 2.21. The largest absolute Gasteiger partial charge is 0.477 e. The van der Waals surface area contributed by atoms with E-state index in [2.05, 4.69) is 22.3 Å². The fraction of sp³-hybridized carbons (Fsp3) is 0.600. The van der Waals surface area contributed by atoms with Crippen molar-refractivity contribution in [1.82, 2.24) is 9.97 Å². The average molecular weight is 210 g/mol. The average Bonchev–Trinajstić information content (AvgIpc) is 2.27. The Morgan fingerprint density at radius 2 is 2.07 bits per heavy atom. The van der Waals surface area contributed by atoms with Crippen molar-refractivity contribution in [2.75, 3.05) is 12.0 Å². The highest BCUT2D eigenvalue weighted by Gasteiger charge is 2.09. The lowest BCUT2D eigenvalue weighted by molar-refractivity contribution is 0.301. The lowest BCUT2D eigenvalue weighted by Gasteiger charge is -2.11. The molecule has 5 nitrogen and oxygen atoms in total. The van der Waals surface area contributed by atoms with Crippen LogP contribution in [0.3, 0.4) is 0 Å². The van der Waals surface area contributed by atoms with Crippen molar-refractivity contribution in [1.29, 1.82) is 0 Å². The summed E-state index contributed by atoms with van der Waals surface area (Å²) in [6, 6.07) is 0. The third-order valence-electron chi connectivity index (χ3n) is 2.04. The van der Waals surface area contributed by atoms with Crippen LogP contribution in [0.2, 0.25) is 0 Å². The summed E-state index contributed by atoms with van der Waals surface area (Å²) >= 11 is 0. The Kier molecular flexibility index (Phi) is 4.30. The zero-order chi connectivity index (χ0) is 11.3. The van der Waals surface area contributed by atoms with Crippen molar-refractivity contribution in [2.45, 2.75) is 33.6 Å². The molecule has 0 radical (unpaired) electrons. The molecule has 0 aliphatic heterocycles. The molecule has 0 atom stereocenters. The van der Waals surface area contributed by atoms with Crippen molar-refractivity contribution in [2.24, 2.45) is 5.84 Å². The summed E-state index contributed by atoms with van der Waals surface area (Å²) < 4.78 is 5.52. The number of nitrogens with zero attached hydrogens (tertiary/aromatic N) is 2. The fourth-order valence-corrected chi connectivity index (χ4v) is 1.18. The van der Waals surface area contributed by atoms with Gasteiger partial charge in [-0.2, -0.15) is 4.98 Å². The molecule has 0 aliphatic carbocycles. The number of anilines is 1. The molecule has 1 aromatic heterocycles. The molecule has 0 aromatic carbocycles. The topological polar surface area (TPSA) is 73.1 Å². The predicted octanol–water partition coefficient (Wildman–Crippen LogP) is 1.42. The number of aromatic nitrogens is 2. The van der Waals surface area contributed by atoms with E-state index in [1.54, 1.807) is 0 Å². The van der Waals surface area contributed by atoms with Gasteiger partial charge in [-0.3, -0.25) is 0 Å².